The molecule has 3 aliphatic heterocycles. The Bertz CT molecular complexity index is 843. The molecule has 144 valence electrons. The molecule has 1 aromatic carbocycles. The van der Waals surface area contributed by atoms with Crippen LogP contribution in [0.3, 0.4) is 0 Å². The molecule has 1 N–H and O–H groups in total. The van der Waals surface area contributed by atoms with Crippen LogP contribution in [-0.4, -0.2) is 44.9 Å². The molecule has 1 fully saturated rings. The molecule has 4 heterocycles. The van der Waals surface area contributed by atoms with Crippen molar-refractivity contribution in [2.24, 2.45) is 0 Å². The molecule has 0 saturated carbocycles. The average Bonchev–Trinajstić information content (AvgIpc) is 3.21. The van der Waals surface area contributed by atoms with E-state index in [2.05, 4.69) is 57.0 Å². The first kappa shape index (κ1) is 17.2. The van der Waals surface area contributed by atoms with Crippen LogP contribution in [0.4, 0.5) is 0 Å². The number of benzene rings is 1. The second kappa shape index (κ2) is 6.60. The second-order valence-corrected chi connectivity index (χ2v) is 8.86. The molecule has 0 bridgehead atoms. The molecule has 0 spiro atoms. The average molecular weight is 367 g/mol. The molecule has 1 aromatic heterocycles. The zero-order valence-electron chi connectivity index (χ0n) is 16.4. The van der Waals surface area contributed by atoms with Crippen LogP contribution < -0.4 is 10.1 Å². The third-order valence-electron chi connectivity index (χ3n) is 6.06. The highest BCUT2D eigenvalue weighted by Gasteiger charge is 2.31. The second-order valence-electron chi connectivity index (χ2n) is 8.86. The lowest BCUT2D eigenvalue weighted by Gasteiger charge is -2.33. The molecule has 0 unspecified atom stereocenters. The maximum atomic E-state index is 6.02. The van der Waals surface area contributed by atoms with Gasteiger partial charge in [0.1, 0.15) is 23.0 Å². The number of hydrogen-bond donors (Lipinski definition) is 1. The first-order valence-corrected chi connectivity index (χ1v) is 10.2. The van der Waals surface area contributed by atoms with E-state index in [-0.39, 0.29) is 5.60 Å². The number of aromatic nitrogens is 3. The Kier molecular flexibility index (Phi) is 4.20. The van der Waals surface area contributed by atoms with Crippen molar-refractivity contribution in [3.05, 3.63) is 41.0 Å². The number of nitrogens with zero attached hydrogens (tertiary/aromatic N) is 4. The summed E-state index contributed by atoms with van der Waals surface area (Å²) in [6, 6.07) is 6.73. The van der Waals surface area contributed by atoms with Crippen molar-refractivity contribution >= 4 is 0 Å². The van der Waals surface area contributed by atoms with Crippen molar-refractivity contribution in [1.82, 2.24) is 25.0 Å². The van der Waals surface area contributed by atoms with Gasteiger partial charge in [0.25, 0.3) is 0 Å². The van der Waals surface area contributed by atoms with Crippen LogP contribution in [0.1, 0.15) is 55.4 Å². The van der Waals surface area contributed by atoms with Crippen molar-refractivity contribution in [3.63, 3.8) is 0 Å². The highest BCUT2D eigenvalue weighted by Crippen LogP contribution is 2.36. The van der Waals surface area contributed by atoms with Crippen molar-refractivity contribution in [2.75, 3.05) is 19.6 Å². The molecule has 27 heavy (non-hydrogen) atoms. The normalized spacial score (nSPS) is 24.3. The molecule has 3 aliphatic rings. The van der Waals surface area contributed by atoms with Gasteiger partial charge in [-0.15, -0.1) is 10.2 Å². The third kappa shape index (κ3) is 3.36. The molecule has 6 nitrogen and oxygen atoms in total. The van der Waals surface area contributed by atoms with Gasteiger partial charge in [0.15, 0.2) is 0 Å². The number of rotatable bonds is 3. The van der Waals surface area contributed by atoms with Gasteiger partial charge in [-0.3, -0.25) is 4.90 Å². The fourth-order valence-corrected chi connectivity index (χ4v) is 4.85. The summed E-state index contributed by atoms with van der Waals surface area (Å²) in [7, 11) is 0. The third-order valence-corrected chi connectivity index (χ3v) is 6.06. The number of ether oxygens (including phenoxy) is 1. The minimum Gasteiger partial charge on any atom is -0.487 e. The monoisotopic (exact) mass is 367 g/mol. The smallest absolute Gasteiger partial charge is 0.147 e. The van der Waals surface area contributed by atoms with Gasteiger partial charge >= 0.3 is 0 Å². The van der Waals surface area contributed by atoms with Crippen molar-refractivity contribution < 1.29 is 4.74 Å². The predicted octanol–water partition coefficient (Wildman–Crippen LogP) is 2.47. The van der Waals surface area contributed by atoms with Crippen LogP contribution in [0.5, 0.6) is 5.75 Å². The number of hydrogen-bond acceptors (Lipinski definition) is 5. The fraction of sp³-hybridized carbons (Fsp3) is 0.619. The Hall–Kier alpha value is -1.92. The maximum Gasteiger partial charge on any atom is 0.147 e. The Labute approximate surface area is 160 Å². The lowest BCUT2D eigenvalue weighted by Crippen LogP contribution is -2.36. The van der Waals surface area contributed by atoms with Gasteiger partial charge < -0.3 is 14.6 Å². The summed E-state index contributed by atoms with van der Waals surface area (Å²) in [5.41, 5.74) is 2.67. The molecule has 1 atom stereocenters. The standard InChI is InChI=1S/C21H29N5O/c1-21(2)11-17-10-15(5-6-18(17)27-21)13-25-8-3-4-16(14-25)20-24-23-19-12-22-7-9-26(19)20/h5-6,10,16,22H,3-4,7-9,11-14H2,1-2H3/t16-/m0/s1. The summed E-state index contributed by atoms with van der Waals surface area (Å²) in [6.45, 7) is 10.4. The van der Waals surface area contributed by atoms with Crippen molar-refractivity contribution in [2.45, 2.75) is 64.3 Å². The minimum absolute atomic E-state index is 0.0706. The van der Waals surface area contributed by atoms with Crippen LogP contribution in [0.25, 0.3) is 0 Å². The van der Waals surface area contributed by atoms with Crippen LogP contribution in [0.2, 0.25) is 0 Å². The van der Waals surface area contributed by atoms with E-state index >= 15 is 0 Å². The summed E-state index contributed by atoms with van der Waals surface area (Å²) in [4.78, 5) is 2.58. The molecule has 0 aliphatic carbocycles. The van der Waals surface area contributed by atoms with Gasteiger partial charge in [-0.25, -0.2) is 0 Å². The molecule has 0 amide bonds. The maximum absolute atomic E-state index is 6.02. The molecule has 1 saturated heterocycles. The number of nitrogens with one attached hydrogen (secondary N) is 1. The van der Waals surface area contributed by atoms with E-state index in [1.807, 2.05) is 0 Å². The molecule has 6 heteroatoms. The Morgan fingerprint density at radius 2 is 2.19 bits per heavy atom. The lowest BCUT2D eigenvalue weighted by atomic mass is 9.96. The van der Waals surface area contributed by atoms with Crippen LogP contribution in [0, 0.1) is 0 Å². The fourth-order valence-electron chi connectivity index (χ4n) is 4.85. The van der Waals surface area contributed by atoms with E-state index in [4.69, 9.17) is 4.74 Å². The zero-order chi connectivity index (χ0) is 18.4. The van der Waals surface area contributed by atoms with E-state index < -0.39 is 0 Å². The van der Waals surface area contributed by atoms with Gasteiger partial charge in [0, 0.05) is 38.5 Å². The van der Waals surface area contributed by atoms with E-state index in [1.54, 1.807) is 0 Å². The summed E-state index contributed by atoms with van der Waals surface area (Å²) in [6.07, 6.45) is 3.44. The highest BCUT2D eigenvalue weighted by atomic mass is 16.5. The molecular formula is C21H29N5O. The lowest BCUT2D eigenvalue weighted by molar-refractivity contribution is 0.138. The predicted molar refractivity (Wildman–Crippen MR) is 104 cm³/mol. The SMILES string of the molecule is CC1(C)Cc2cc(CN3CCC[C@H](c4nnc5n4CCNC5)C3)ccc2O1. The summed E-state index contributed by atoms with van der Waals surface area (Å²) in [5, 5.41) is 12.3. The van der Waals surface area contributed by atoms with Gasteiger partial charge in [0.2, 0.25) is 0 Å². The first-order valence-electron chi connectivity index (χ1n) is 10.2. The van der Waals surface area contributed by atoms with Gasteiger partial charge in [-0.1, -0.05) is 12.1 Å². The van der Waals surface area contributed by atoms with Gasteiger partial charge in [0.05, 0.1) is 6.54 Å². The topological polar surface area (TPSA) is 55.2 Å². The number of piperidine rings is 1. The van der Waals surface area contributed by atoms with Gasteiger partial charge in [-0.2, -0.15) is 0 Å². The quantitative estimate of drug-likeness (QED) is 0.903. The van der Waals surface area contributed by atoms with E-state index in [0.29, 0.717) is 5.92 Å². The summed E-state index contributed by atoms with van der Waals surface area (Å²) < 4.78 is 8.37. The van der Waals surface area contributed by atoms with E-state index in [1.165, 1.54) is 29.8 Å². The summed E-state index contributed by atoms with van der Waals surface area (Å²) >= 11 is 0. The molecule has 2 aromatic rings. The molecule has 5 rings (SSSR count). The zero-order valence-corrected chi connectivity index (χ0v) is 16.4. The van der Waals surface area contributed by atoms with Crippen LogP contribution >= 0.6 is 0 Å². The van der Waals surface area contributed by atoms with E-state index in [9.17, 15) is 0 Å². The Morgan fingerprint density at radius 3 is 3.11 bits per heavy atom. The number of fused-ring (bicyclic) bond motifs is 2. The van der Waals surface area contributed by atoms with E-state index in [0.717, 1.165) is 57.3 Å². The number of likely N-dealkylation sites (tertiary alicyclic amines) is 1. The molecule has 0 radical (unpaired) electrons. The van der Waals surface area contributed by atoms with Gasteiger partial charge in [-0.05, 0) is 50.4 Å². The summed E-state index contributed by atoms with van der Waals surface area (Å²) in [5.74, 6) is 3.84. The highest BCUT2D eigenvalue weighted by molar-refractivity contribution is 5.41. The van der Waals surface area contributed by atoms with Crippen LogP contribution in [-0.2, 0) is 26.1 Å². The Morgan fingerprint density at radius 1 is 1.26 bits per heavy atom. The minimum atomic E-state index is -0.0706. The Balaban J connectivity index is 1.29. The van der Waals surface area contributed by atoms with Crippen LogP contribution in [0.15, 0.2) is 18.2 Å². The first-order chi connectivity index (χ1) is 13.1. The molecular weight excluding hydrogens is 338 g/mol. The largest absolute Gasteiger partial charge is 0.487 e. The van der Waals surface area contributed by atoms with Crippen molar-refractivity contribution in [3.8, 4) is 5.75 Å². The van der Waals surface area contributed by atoms with Crippen molar-refractivity contribution in [1.29, 1.82) is 0 Å².